The van der Waals surface area contributed by atoms with E-state index in [1.165, 1.54) is 0 Å². The van der Waals surface area contributed by atoms with Gasteiger partial charge in [0.15, 0.2) is 0 Å². The van der Waals surface area contributed by atoms with E-state index in [2.05, 4.69) is 5.92 Å². The molecule has 0 N–H and O–H groups in total. The van der Waals surface area contributed by atoms with Crippen LogP contribution in [-0.2, 0) is 9.47 Å². The van der Waals surface area contributed by atoms with Gasteiger partial charge in [-0.2, -0.15) is 0 Å². The molecule has 1 fully saturated rings. The monoisotopic (exact) mass is 309 g/mol. The van der Waals surface area contributed by atoms with Crippen LogP contribution >= 0.6 is 0 Å². The predicted octanol–water partition coefficient (Wildman–Crippen LogP) is 4.33. The maximum atomic E-state index is 12.4. The molecule has 0 aromatic heterocycles. The highest BCUT2D eigenvalue weighted by Crippen LogP contribution is 2.35. The molecular formula is C18H31NO3. The third-order valence-electron chi connectivity index (χ3n) is 3.87. The van der Waals surface area contributed by atoms with Gasteiger partial charge in [-0.15, -0.1) is 12.3 Å². The van der Waals surface area contributed by atoms with Crippen molar-refractivity contribution in [3.05, 3.63) is 0 Å². The lowest BCUT2D eigenvalue weighted by molar-refractivity contribution is -0.0799. The lowest BCUT2D eigenvalue weighted by atomic mass is 10.0. The first-order chi connectivity index (χ1) is 10.1. The maximum Gasteiger partial charge on any atom is 0.412 e. The molecule has 2 atom stereocenters. The fourth-order valence-corrected chi connectivity index (χ4v) is 2.93. The number of unbranched alkanes of at least 4 members (excludes halogenated alkanes) is 3. The Morgan fingerprint density at radius 3 is 2.50 bits per heavy atom. The van der Waals surface area contributed by atoms with Crippen LogP contribution in [0.1, 0.15) is 73.6 Å². The highest BCUT2D eigenvalue weighted by atomic mass is 16.6. The number of ether oxygens (including phenoxy) is 2. The van der Waals surface area contributed by atoms with Gasteiger partial charge in [-0.25, -0.2) is 4.79 Å². The van der Waals surface area contributed by atoms with Crippen molar-refractivity contribution in [3.63, 3.8) is 0 Å². The molecular weight excluding hydrogens is 278 g/mol. The Hall–Kier alpha value is -1.21. The summed E-state index contributed by atoms with van der Waals surface area (Å²) in [5.74, 6) is 2.66. The lowest BCUT2D eigenvalue weighted by Gasteiger charge is -2.34. The van der Waals surface area contributed by atoms with Crippen molar-refractivity contribution in [3.8, 4) is 12.3 Å². The van der Waals surface area contributed by atoms with E-state index in [1.54, 1.807) is 4.90 Å². The second kappa shape index (κ2) is 7.37. The van der Waals surface area contributed by atoms with Gasteiger partial charge in [-0.05, 0) is 54.4 Å². The molecule has 4 heteroatoms. The zero-order valence-electron chi connectivity index (χ0n) is 14.9. The second-order valence-corrected chi connectivity index (χ2v) is 7.50. The molecule has 1 amide bonds. The molecule has 1 rings (SSSR count). The van der Waals surface area contributed by atoms with Crippen molar-refractivity contribution in [1.29, 1.82) is 0 Å². The van der Waals surface area contributed by atoms with Crippen LogP contribution in [0.3, 0.4) is 0 Å². The summed E-state index contributed by atoms with van der Waals surface area (Å²) in [6.07, 6.45) is 9.99. The molecule has 0 aromatic rings. The summed E-state index contributed by atoms with van der Waals surface area (Å²) >= 11 is 0. The van der Waals surface area contributed by atoms with Crippen LogP contribution in [0.2, 0.25) is 0 Å². The van der Waals surface area contributed by atoms with Gasteiger partial charge in [0.05, 0.1) is 12.1 Å². The Morgan fingerprint density at radius 2 is 1.95 bits per heavy atom. The average Bonchev–Trinajstić information content (AvgIpc) is 2.56. The second-order valence-electron chi connectivity index (χ2n) is 7.50. The summed E-state index contributed by atoms with van der Waals surface area (Å²) in [4.78, 5) is 14.2. The number of carbonyl (C=O) groups is 1. The fourth-order valence-electron chi connectivity index (χ4n) is 2.93. The SMILES string of the molecule is C#CCCCCC[C@@H]1OC(C)(C)N(C(=O)OC(C)(C)C)[C@H]1C. The van der Waals surface area contributed by atoms with E-state index >= 15 is 0 Å². The summed E-state index contributed by atoms with van der Waals surface area (Å²) in [5.41, 5.74) is -1.13. The van der Waals surface area contributed by atoms with Gasteiger partial charge < -0.3 is 9.47 Å². The van der Waals surface area contributed by atoms with Gasteiger partial charge >= 0.3 is 6.09 Å². The number of rotatable bonds is 5. The van der Waals surface area contributed by atoms with Gasteiger partial charge in [0.1, 0.15) is 11.3 Å². The van der Waals surface area contributed by atoms with Gasteiger partial charge in [-0.1, -0.05) is 12.8 Å². The molecule has 0 aliphatic carbocycles. The van der Waals surface area contributed by atoms with E-state index in [0.717, 1.165) is 32.1 Å². The molecule has 4 nitrogen and oxygen atoms in total. The van der Waals surface area contributed by atoms with Crippen molar-refractivity contribution in [2.24, 2.45) is 0 Å². The molecule has 0 unspecified atom stereocenters. The minimum absolute atomic E-state index is 0.0116. The van der Waals surface area contributed by atoms with Crippen LogP contribution < -0.4 is 0 Å². The van der Waals surface area contributed by atoms with Crippen LogP contribution in [0.25, 0.3) is 0 Å². The number of carbonyl (C=O) groups excluding carboxylic acids is 1. The van der Waals surface area contributed by atoms with Crippen LogP contribution in [0.5, 0.6) is 0 Å². The van der Waals surface area contributed by atoms with Crippen LogP contribution in [0.4, 0.5) is 4.79 Å². The third-order valence-corrected chi connectivity index (χ3v) is 3.87. The Morgan fingerprint density at radius 1 is 1.32 bits per heavy atom. The van der Waals surface area contributed by atoms with Crippen LogP contribution in [0, 0.1) is 12.3 Å². The molecule has 1 aliphatic rings. The summed E-state index contributed by atoms with van der Waals surface area (Å²) in [6.45, 7) is 11.5. The number of hydrogen-bond donors (Lipinski definition) is 0. The quantitative estimate of drug-likeness (QED) is 0.560. The number of terminal acetylenes is 1. The normalized spacial score (nSPS) is 24.1. The summed E-state index contributed by atoms with van der Waals surface area (Å²) in [6, 6.07) is 0.0116. The Labute approximate surface area is 135 Å². The minimum atomic E-state index is -0.634. The largest absolute Gasteiger partial charge is 0.444 e. The first-order valence-electron chi connectivity index (χ1n) is 8.22. The molecule has 0 bridgehead atoms. The summed E-state index contributed by atoms with van der Waals surface area (Å²) in [5, 5.41) is 0. The fraction of sp³-hybridized carbons (Fsp3) is 0.833. The lowest BCUT2D eigenvalue weighted by Crippen LogP contribution is -2.49. The van der Waals surface area contributed by atoms with E-state index in [4.69, 9.17) is 15.9 Å². The third kappa shape index (κ3) is 5.21. The molecule has 1 heterocycles. The Balaban J connectivity index is 2.61. The van der Waals surface area contributed by atoms with Crippen LogP contribution in [0.15, 0.2) is 0 Å². The van der Waals surface area contributed by atoms with E-state index < -0.39 is 11.3 Å². The number of nitrogens with zero attached hydrogens (tertiary/aromatic N) is 1. The number of hydrogen-bond acceptors (Lipinski definition) is 3. The Bertz CT molecular complexity index is 417. The summed E-state index contributed by atoms with van der Waals surface area (Å²) in [7, 11) is 0. The van der Waals surface area contributed by atoms with Gasteiger partial charge in [0, 0.05) is 6.42 Å². The molecule has 0 radical (unpaired) electrons. The standard InChI is InChI=1S/C18H31NO3/c1-8-9-10-11-12-13-15-14(2)19(18(6,7)21-15)16(20)22-17(3,4)5/h1,14-15H,9-13H2,2-7H3/t14-,15-/m0/s1. The zero-order valence-corrected chi connectivity index (χ0v) is 14.9. The highest BCUT2D eigenvalue weighted by molar-refractivity contribution is 5.69. The molecule has 0 spiro atoms. The maximum absolute atomic E-state index is 12.4. The van der Waals surface area contributed by atoms with E-state index in [-0.39, 0.29) is 18.2 Å². The average molecular weight is 309 g/mol. The van der Waals surface area contributed by atoms with Crippen molar-refractivity contribution in [2.45, 2.75) is 97.1 Å². The molecule has 1 aliphatic heterocycles. The van der Waals surface area contributed by atoms with Crippen molar-refractivity contribution < 1.29 is 14.3 Å². The van der Waals surface area contributed by atoms with Gasteiger partial charge in [0.2, 0.25) is 0 Å². The molecule has 0 saturated carbocycles. The highest BCUT2D eigenvalue weighted by Gasteiger charge is 2.48. The topological polar surface area (TPSA) is 38.8 Å². The van der Waals surface area contributed by atoms with Crippen molar-refractivity contribution in [2.75, 3.05) is 0 Å². The molecule has 126 valence electrons. The smallest absolute Gasteiger partial charge is 0.412 e. The molecule has 22 heavy (non-hydrogen) atoms. The van der Waals surface area contributed by atoms with E-state index in [1.807, 2.05) is 41.5 Å². The predicted molar refractivity (Wildman–Crippen MR) is 88.4 cm³/mol. The first kappa shape index (κ1) is 18.8. The number of amides is 1. The molecule has 0 aromatic carbocycles. The first-order valence-corrected chi connectivity index (χ1v) is 8.22. The minimum Gasteiger partial charge on any atom is -0.444 e. The van der Waals surface area contributed by atoms with E-state index in [9.17, 15) is 4.79 Å². The molecule has 1 saturated heterocycles. The van der Waals surface area contributed by atoms with E-state index in [0.29, 0.717) is 0 Å². The van der Waals surface area contributed by atoms with Crippen LogP contribution in [-0.4, -0.2) is 34.5 Å². The Kier molecular flexibility index (Phi) is 6.31. The van der Waals surface area contributed by atoms with Crippen molar-refractivity contribution in [1.82, 2.24) is 4.90 Å². The van der Waals surface area contributed by atoms with Gasteiger partial charge in [-0.3, -0.25) is 4.90 Å². The zero-order chi connectivity index (χ0) is 17.0. The van der Waals surface area contributed by atoms with Gasteiger partial charge in [0.25, 0.3) is 0 Å². The van der Waals surface area contributed by atoms with Crippen molar-refractivity contribution >= 4 is 6.09 Å². The summed E-state index contributed by atoms with van der Waals surface area (Å²) < 4.78 is 11.6.